The first-order valence-corrected chi connectivity index (χ1v) is 8.33. The van der Waals surface area contributed by atoms with Gasteiger partial charge in [0.05, 0.1) is 11.3 Å². The second kappa shape index (κ2) is 7.44. The summed E-state index contributed by atoms with van der Waals surface area (Å²) in [5.74, 6) is -0.0940. The van der Waals surface area contributed by atoms with E-state index in [0.29, 0.717) is 18.5 Å². The third kappa shape index (κ3) is 3.69. The molecule has 0 aliphatic carbocycles. The number of aliphatic hydroxyl groups is 1. The van der Waals surface area contributed by atoms with Crippen molar-refractivity contribution < 1.29 is 9.90 Å². The van der Waals surface area contributed by atoms with Crippen LogP contribution in [-0.4, -0.2) is 38.9 Å². The molecule has 6 heteroatoms. The van der Waals surface area contributed by atoms with Gasteiger partial charge < -0.3 is 10.4 Å². The van der Waals surface area contributed by atoms with Crippen LogP contribution in [0.5, 0.6) is 0 Å². The van der Waals surface area contributed by atoms with Crippen molar-refractivity contribution in [1.82, 2.24) is 20.1 Å². The van der Waals surface area contributed by atoms with E-state index in [-0.39, 0.29) is 18.4 Å². The van der Waals surface area contributed by atoms with E-state index < -0.39 is 0 Å². The Bertz CT molecular complexity index is 874. The summed E-state index contributed by atoms with van der Waals surface area (Å²) in [5, 5.41) is 17.5. The standard InChI is InChI=1S/C19H22N4O2/c1-13-17-10-16(12-20-18(17)23(2)22-13)19(25)21-11-15(8-9-24)14-6-4-3-5-7-14/h3-7,10,12,15,24H,8-9,11H2,1-2H3,(H,21,25). The number of fused-ring (bicyclic) bond motifs is 1. The molecular formula is C19H22N4O2. The molecule has 1 atom stereocenters. The number of nitrogens with one attached hydrogen (secondary N) is 1. The van der Waals surface area contributed by atoms with Crippen LogP contribution < -0.4 is 5.32 Å². The van der Waals surface area contributed by atoms with Crippen LogP contribution in [0.4, 0.5) is 0 Å². The summed E-state index contributed by atoms with van der Waals surface area (Å²) in [6.45, 7) is 2.45. The van der Waals surface area contributed by atoms with Gasteiger partial charge in [-0.3, -0.25) is 9.48 Å². The summed E-state index contributed by atoms with van der Waals surface area (Å²) in [6, 6.07) is 11.7. The third-order valence-corrected chi connectivity index (χ3v) is 4.38. The number of aryl methyl sites for hydroxylation is 2. The summed E-state index contributed by atoms with van der Waals surface area (Å²) in [6.07, 6.45) is 2.17. The molecule has 1 aromatic carbocycles. The van der Waals surface area contributed by atoms with E-state index in [0.717, 1.165) is 22.3 Å². The molecule has 1 unspecified atom stereocenters. The van der Waals surface area contributed by atoms with Crippen LogP contribution in [0.1, 0.15) is 34.0 Å². The SMILES string of the molecule is Cc1nn(C)c2ncc(C(=O)NCC(CCO)c3ccccc3)cc12. The van der Waals surface area contributed by atoms with Crippen LogP contribution in [0.3, 0.4) is 0 Å². The lowest BCUT2D eigenvalue weighted by atomic mass is 9.96. The molecule has 0 fully saturated rings. The van der Waals surface area contributed by atoms with Crippen molar-refractivity contribution in [3.05, 3.63) is 59.4 Å². The van der Waals surface area contributed by atoms with Crippen molar-refractivity contribution in [2.24, 2.45) is 7.05 Å². The zero-order chi connectivity index (χ0) is 17.8. The fourth-order valence-corrected chi connectivity index (χ4v) is 3.02. The number of amides is 1. The van der Waals surface area contributed by atoms with Gasteiger partial charge >= 0.3 is 0 Å². The van der Waals surface area contributed by atoms with Crippen molar-refractivity contribution in [1.29, 1.82) is 0 Å². The average Bonchev–Trinajstić information content (AvgIpc) is 2.92. The first kappa shape index (κ1) is 17.1. The summed E-state index contributed by atoms with van der Waals surface area (Å²) in [5.41, 5.74) is 3.23. The average molecular weight is 338 g/mol. The maximum atomic E-state index is 12.5. The van der Waals surface area contributed by atoms with E-state index in [1.54, 1.807) is 10.9 Å². The molecule has 0 spiro atoms. The highest BCUT2D eigenvalue weighted by molar-refractivity contribution is 5.97. The highest BCUT2D eigenvalue weighted by atomic mass is 16.3. The van der Waals surface area contributed by atoms with Gasteiger partial charge in [0.25, 0.3) is 5.91 Å². The molecule has 0 bridgehead atoms. The Balaban J connectivity index is 1.74. The molecule has 0 saturated heterocycles. The van der Waals surface area contributed by atoms with Crippen LogP contribution in [0.25, 0.3) is 11.0 Å². The number of aromatic nitrogens is 3. The van der Waals surface area contributed by atoms with Gasteiger partial charge in [0.1, 0.15) is 0 Å². The summed E-state index contributed by atoms with van der Waals surface area (Å²) >= 11 is 0. The Kier molecular flexibility index (Phi) is 5.09. The molecule has 3 rings (SSSR count). The summed E-state index contributed by atoms with van der Waals surface area (Å²) in [7, 11) is 1.83. The Morgan fingerprint density at radius 2 is 2.08 bits per heavy atom. The quantitative estimate of drug-likeness (QED) is 0.722. The maximum absolute atomic E-state index is 12.5. The van der Waals surface area contributed by atoms with E-state index in [9.17, 15) is 9.90 Å². The lowest BCUT2D eigenvalue weighted by Gasteiger charge is -2.17. The largest absolute Gasteiger partial charge is 0.396 e. The zero-order valence-corrected chi connectivity index (χ0v) is 14.4. The number of hydrogen-bond donors (Lipinski definition) is 2. The van der Waals surface area contributed by atoms with Gasteiger partial charge in [0.2, 0.25) is 0 Å². The first-order chi connectivity index (χ1) is 12.1. The minimum absolute atomic E-state index is 0.0759. The molecule has 0 aliphatic rings. The van der Waals surface area contributed by atoms with Crippen LogP contribution in [0.2, 0.25) is 0 Å². The minimum atomic E-state index is -0.170. The van der Waals surface area contributed by atoms with Gasteiger partial charge in [0, 0.05) is 37.7 Å². The van der Waals surface area contributed by atoms with E-state index in [1.165, 1.54) is 0 Å². The van der Waals surface area contributed by atoms with Crippen LogP contribution in [0.15, 0.2) is 42.6 Å². The lowest BCUT2D eigenvalue weighted by molar-refractivity contribution is 0.0949. The second-order valence-corrected chi connectivity index (χ2v) is 6.13. The van der Waals surface area contributed by atoms with E-state index in [2.05, 4.69) is 15.4 Å². The maximum Gasteiger partial charge on any atom is 0.252 e. The van der Waals surface area contributed by atoms with Crippen molar-refractivity contribution in [2.75, 3.05) is 13.2 Å². The van der Waals surface area contributed by atoms with Gasteiger partial charge in [-0.15, -0.1) is 0 Å². The van der Waals surface area contributed by atoms with Crippen LogP contribution in [-0.2, 0) is 7.05 Å². The van der Waals surface area contributed by atoms with E-state index >= 15 is 0 Å². The molecule has 2 aromatic heterocycles. The monoisotopic (exact) mass is 338 g/mol. The molecule has 0 radical (unpaired) electrons. The Morgan fingerprint density at radius 1 is 1.32 bits per heavy atom. The molecule has 2 heterocycles. The van der Waals surface area contributed by atoms with Crippen LogP contribution in [0, 0.1) is 6.92 Å². The molecule has 6 nitrogen and oxygen atoms in total. The Labute approximate surface area is 146 Å². The normalized spacial score (nSPS) is 12.3. The first-order valence-electron chi connectivity index (χ1n) is 8.33. The topological polar surface area (TPSA) is 80.0 Å². The number of benzene rings is 1. The fraction of sp³-hybridized carbons (Fsp3) is 0.316. The molecule has 1 amide bonds. The number of nitrogens with zero attached hydrogens (tertiary/aromatic N) is 3. The van der Waals surface area contributed by atoms with Crippen molar-refractivity contribution in [3.63, 3.8) is 0 Å². The number of carbonyl (C=O) groups excluding carboxylic acids is 1. The molecule has 3 aromatic rings. The molecule has 130 valence electrons. The van der Waals surface area contributed by atoms with Crippen molar-refractivity contribution in [2.45, 2.75) is 19.3 Å². The Morgan fingerprint density at radius 3 is 2.80 bits per heavy atom. The van der Waals surface area contributed by atoms with Gasteiger partial charge in [-0.2, -0.15) is 5.10 Å². The lowest BCUT2D eigenvalue weighted by Crippen LogP contribution is -2.29. The van der Waals surface area contributed by atoms with Crippen molar-refractivity contribution >= 4 is 16.9 Å². The van der Waals surface area contributed by atoms with Gasteiger partial charge in [-0.05, 0) is 25.0 Å². The smallest absolute Gasteiger partial charge is 0.252 e. The van der Waals surface area contributed by atoms with E-state index in [1.807, 2.05) is 50.4 Å². The predicted molar refractivity (Wildman–Crippen MR) is 96.5 cm³/mol. The Hall–Kier alpha value is -2.73. The summed E-state index contributed by atoms with van der Waals surface area (Å²) in [4.78, 5) is 16.8. The third-order valence-electron chi connectivity index (χ3n) is 4.38. The number of pyridine rings is 1. The summed E-state index contributed by atoms with van der Waals surface area (Å²) < 4.78 is 1.71. The minimum Gasteiger partial charge on any atom is -0.396 e. The molecule has 25 heavy (non-hydrogen) atoms. The molecular weight excluding hydrogens is 316 g/mol. The molecule has 0 aliphatic heterocycles. The predicted octanol–water partition coefficient (Wildman–Crippen LogP) is 2.17. The number of aliphatic hydroxyl groups excluding tert-OH is 1. The van der Waals surface area contributed by atoms with E-state index in [4.69, 9.17) is 0 Å². The highest BCUT2D eigenvalue weighted by Crippen LogP contribution is 2.19. The molecule has 0 saturated carbocycles. The zero-order valence-electron chi connectivity index (χ0n) is 14.4. The number of rotatable bonds is 6. The molecule has 2 N–H and O–H groups in total. The number of hydrogen-bond acceptors (Lipinski definition) is 4. The van der Waals surface area contributed by atoms with Crippen LogP contribution >= 0.6 is 0 Å². The van der Waals surface area contributed by atoms with Gasteiger partial charge in [-0.25, -0.2) is 4.98 Å². The van der Waals surface area contributed by atoms with Gasteiger partial charge in [0.15, 0.2) is 5.65 Å². The fourth-order valence-electron chi connectivity index (χ4n) is 3.02. The van der Waals surface area contributed by atoms with Gasteiger partial charge in [-0.1, -0.05) is 30.3 Å². The van der Waals surface area contributed by atoms with Crippen molar-refractivity contribution in [3.8, 4) is 0 Å². The highest BCUT2D eigenvalue weighted by Gasteiger charge is 2.15. The second-order valence-electron chi connectivity index (χ2n) is 6.13. The number of carbonyl (C=O) groups is 1.